The molecule has 5 heteroatoms. The first-order valence-corrected chi connectivity index (χ1v) is 9.69. The second-order valence-corrected chi connectivity index (χ2v) is 7.30. The van der Waals surface area contributed by atoms with Crippen molar-refractivity contribution in [3.8, 4) is 0 Å². The summed E-state index contributed by atoms with van der Waals surface area (Å²) in [4.78, 5) is 27.8. The first kappa shape index (κ1) is 20.4. The average Bonchev–Trinajstić information content (AvgIpc) is 3.14. The van der Waals surface area contributed by atoms with Crippen LogP contribution >= 0.6 is 0 Å². The number of methoxy groups -OCH3 is 1. The van der Waals surface area contributed by atoms with Crippen LogP contribution in [0.5, 0.6) is 0 Å². The molecule has 5 nitrogen and oxygen atoms in total. The number of hydrogen-bond donors (Lipinski definition) is 2. The van der Waals surface area contributed by atoms with Gasteiger partial charge in [0.25, 0.3) is 0 Å². The van der Waals surface area contributed by atoms with Crippen molar-refractivity contribution in [2.75, 3.05) is 7.11 Å². The summed E-state index contributed by atoms with van der Waals surface area (Å²) in [5.74, 6) is -0.354. The Labute approximate surface area is 170 Å². The van der Waals surface area contributed by atoms with Gasteiger partial charge in [-0.15, -0.1) is 0 Å². The minimum Gasteiger partial charge on any atom is -0.467 e. The largest absolute Gasteiger partial charge is 0.467 e. The zero-order chi connectivity index (χ0) is 20.8. The lowest BCUT2D eigenvalue weighted by atomic mass is 10.0. The van der Waals surface area contributed by atoms with Crippen LogP contribution in [0.2, 0.25) is 0 Å². The third-order valence-electron chi connectivity index (χ3n) is 4.93. The first-order chi connectivity index (χ1) is 14.0. The lowest BCUT2D eigenvalue weighted by Gasteiger charge is -2.15. The molecule has 2 N–H and O–H groups in total. The van der Waals surface area contributed by atoms with E-state index in [-0.39, 0.29) is 5.91 Å². The van der Waals surface area contributed by atoms with Gasteiger partial charge in [-0.25, -0.2) is 4.79 Å². The minimum absolute atomic E-state index is 0.340. The predicted molar refractivity (Wildman–Crippen MR) is 116 cm³/mol. The predicted octanol–water partition coefficient (Wildman–Crippen LogP) is 4.21. The van der Waals surface area contributed by atoms with Crippen molar-refractivity contribution in [3.63, 3.8) is 0 Å². The van der Waals surface area contributed by atoms with E-state index < -0.39 is 12.0 Å². The van der Waals surface area contributed by atoms with Gasteiger partial charge in [0.05, 0.1) is 7.11 Å². The third-order valence-corrected chi connectivity index (χ3v) is 4.93. The fourth-order valence-corrected chi connectivity index (χ4v) is 3.24. The van der Waals surface area contributed by atoms with Crippen molar-refractivity contribution in [2.45, 2.75) is 32.2 Å². The molecule has 3 rings (SSSR count). The zero-order valence-electron chi connectivity index (χ0n) is 16.9. The van der Waals surface area contributed by atoms with E-state index >= 15 is 0 Å². The van der Waals surface area contributed by atoms with Gasteiger partial charge in [0.1, 0.15) is 6.04 Å². The highest BCUT2D eigenvalue weighted by Gasteiger charge is 2.22. The zero-order valence-corrected chi connectivity index (χ0v) is 16.9. The molecule has 3 aromatic rings. The highest BCUT2D eigenvalue weighted by atomic mass is 16.5. The number of hydrogen-bond acceptors (Lipinski definition) is 3. The van der Waals surface area contributed by atoms with E-state index in [1.54, 1.807) is 6.08 Å². The Morgan fingerprint density at radius 1 is 1.10 bits per heavy atom. The molecule has 0 unspecified atom stereocenters. The number of amides is 1. The second kappa shape index (κ2) is 9.24. The molecule has 0 bridgehead atoms. The maximum absolute atomic E-state index is 12.4. The molecule has 0 radical (unpaired) electrons. The Kier molecular flexibility index (Phi) is 6.50. The number of carbonyl (C=O) groups excluding carboxylic acids is 2. The first-order valence-electron chi connectivity index (χ1n) is 9.69. The summed E-state index contributed by atoms with van der Waals surface area (Å²) in [7, 11) is 1.32. The average molecular weight is 390 g/mol. The molecule has 1 amide bonds. The summed E-state index contributed by atoms with van der Waals surface area (Å²) in [5.41, 5.74) is 4.11. The normalized spacial score (nSPS) is 12.4. The van der Waals surface area contributed by atoms with Gasteiger partial charge in [-0.2, -0.15) is 0 Å². The van der Waals surface area contributed by atoms with E-state index in [1.165, 1.54) is 18.7 Å². The lowest BCUT2D eigenvalue weighted by molar-refractivity contribution is -0.144. The van der Waals surface area contributed by atoms with Crippen LogP contribution in [0, 0.1) is 0 Å². The number of aromatic nitrogens is 1. The number of benzene rings is 2. The minimum atomic E-state index is -0.764. The van der Waals surface area contributed by atoms with Crippen LogP contribution in [0.15, 0.2) is 60.8 Å². The van der Waals surface area contributed by atoms with Crippen molar-refractivity contribution in [1.29, 1.82) is 0 Å². The molecule has 1 atom stereocenters. The highest BCUT2D eigenvalue weighted by molar-refractivity contribution is 5.95. The number of H-pyrrole nitrogens is 1. The molecule has 0 fully saturated rings. The van der Waals surface area contributed by atoms with Gasteiger partial charge in [-0.1, -0.05) is 56.3 Å². The fraction of sp³-hybridized carbons (Fsp3) is 0.250. The summed E-state index contributed by atoms with van der Waals surface area (Å²) < 4.78 is 4.88. The van der Waals surface area contributed by atoms with Gasteiger partial charge in [0.15, 0.2) is 0 Å². The Bertz CT molecular complexity index is 1020. The second-order valence-electron chi connectivity index (χ2n) is 7.30. The molecule has 0 saturated carbocycles. The molecule has 29 heavy (non-hydrogen) atoms. The Balaban J connectivity index is 1.69. The third kappa shape index (κ3) is 5.13. The molecule has 0 aliphatic carbocycles. The summed E-state index contributed by atoms with van der Waals surface area (Å²) in [6, 6.07) is 15.1. The lowest BCUT2D eigenvalue weighted by Crippen LogP contribution is -2.42. The SMILES string of the molecule is COC(=O)[C@H](Cc1c[nH]c2ccccc12)NC(=O)/C=C/c1ccc(C(C)C)cc1. The molecule has 150 valence electrons. The van der Waals surface area contributed by atoms with Gasteiger partial charge in [0, 0.05) is 29.6 Å². The topological polar surface area (TPSA) is 71.2 Å². The van der Waals surface area contributed by atoms with E-state index in [2.05, 4.69) is 36.3 Å². The summed E-state index contributed by atoms with van der Waals surface area (Å²) in [6.45, 7) is 4.28. The van der Waals surface area contributed by atoms with E-state index in [9.17, 15) is 9.59 Å². The number of carbonyl (C=O) groups is 2. The number of aromatic amines is 1. The van der Waals surface area contributed by atoms with Crippen LogP contribution in [-0.2, 0) is 20.7 Å². The Morgan fingerprint density at radius 2 is 1.83 bits per heavy atom. The van der Waals surface area contributed by atoms with Crippen molar-refractivity contribution in [3.05, 3.63) is 77.5 Å². The number of nitrogens with one attached hydrogen (secondary N) is 2. The van der Waals surface area contributed by atoms with Gasteiger partial charge in [0.2, 0.25) is 5.91 Å². The van der Waals surface area contributed by atoms with E-state index in [0.717, 1.165) is 22.0 Å². The highest BCUT2D eigenvalue weighted by Crippen LogP contribution is 2.19. The van der Waals surface area contributed by atoms with Crippen LogP contribution in [0.4, 0.5) is 0 Å². The molecule has 2 aromatic carbocycles. The number of para-hydroxylation sites is 1. The monoisotopic (exact) mass is 390 g/mol. The molecule has 0 spiro atoms. The summed E-state index contributed by atoms with van der Waals surface area (Å²) in [6.07, 6.45) is 5.38. The van der Waals surface area contributed by atoms with E-state index in [0.29, 0.717) is 12.3 Å². The Hall–Kier alpha value is -3.34. The number of ether oxygens (including phenoxy) is 1. The van der Waals surface area contributed by atoms with Crippen LogP contribution < -0.4 is 5.32 Å². The molecule has 0 aliphatic rings. The van der Waals surface area contributed by atoms with E-state index in [4.69, 9.17) is 4.74 Å². The van der Waals surface area contributed by atoms with Crippen molar-refractivity contribution >= 4 is 28.9 Å². The van der Waals surface area contributed by atoms with Gasteiger partial charge < -0.3 is 15.0 Å². The molecular formula is C24H26N2O3. The van der Waals surface area contributed by atoms with Crippen LogP contribution in [0.1, 0.15) is 36.5 Å². The van der Waals surface area contributed by atoms with Gasteiger partial charge in [-0.05, 0) is 34.8 Å². The molecule has 1 heterocycles. The fourth-order valence-electron chi connectivity index (χ4n) is 3.24. The van der Waals surface area contributed by atoms with Gasteiger partial charge >= 0.3 is 5.97 Å². The van der Waals surface area contributed by atoms with E-state index in [1.807, 2.05) is 42.6 Å². The van der Waals surface area contributed by atoms with Crippen molar-refractivity contribution in [2.24, 2.45) is 0 Å². The summed E-state index contributed by atoms with van der Waals surface area (Å²) in [5, 5.41) is 3.78. The van der Waals surface area contributed by atoms with Crippen LogP contribution in [0.25, 0.3) is 17.0 Å². The van der Waals surface area contributed by atoms with Crippen molar-refractivity contribution in [1.82, 2.24) is 10.3 Å². The maximum atomic E-state index is 12.4. The maximum Gasteiger partial charge on any atom is 0.328 e. The molecule has 1 aromatic heterocycles. The smallest absolute Gasteiger partial charge is 0.328 e. The molecule has 0 aliphatic heterocycles. The molecular weight excluding hydrogens is 364 g/mol. The summed E-state index contributed by atoms with van der Waals surface area (Å²) >= 11 is 0. The number of esters is 1. The standard InChI is InChI=1S/C24H26N2O3/c1-16(2)18-11-8-17(9-12-18)10-13-23(27)26-22(24(28)29-3)14-19-15-25-21-7-5-4-6-20(19)21/h4-13,15-16,22,25H,14H2,1-3H3,(H,26,27)/b13-10+/t22-/m0/s1. The Morgan fingerprint density at radius 3 is 2.52 bits per heavy atom. The quantitative estimate of drug-likeness (QED) is 0.469. The van der Waals surface area contributed by atoms with Crippen LogP contribution in [0.3, 0.4) is 0 Å². The van der Waals surface area contributed by atoms with Gasteiger partial charge in [-0.3, -0.25) is 4.79 Å². The number of fused-ring (bicyclic) bond motifs is 1. The van der Waals surface area contributed by atoms with Crippen LogP contribution in [-0.4, -0.2) is 30.0 Å². The van der Waals surface area contributed by atoms with Crippen molar-refractivity contribution < 1.29 is 14.3 Å². The number of rotatable bonds is 7. The molecule has 0 saturated heterocycles.